The van der Waals surface area contributed by atoms with Crippen molar-refractivity contribution in [2.45, 2.75) is 12.3 Å². The summed E-state index contributed by atoms with van der Waals surface area (Å²) >= 11 is 1.55. The van der Waals surface area contributed by atoms with Crippen LogP contribution in [0.15, 0.2) is 18.3 Å². The fourth-order valence-electron chi connectivity index (χ4n) is 2.06. The molecule has 20 heavy (non-hydrogen) atoms. The maximum Gasteiger partial charge on any atom is 0.258 e. The highest BCUT2D eigenvalue weighted by atomic mass is 32.2. The average Bonchev–Trinajstić information content (AvgIpc) is 2.47. The second kappa shape index (κ2) is 6.01. The number of hydrogen-bond donors (Lipinski definition) is 1. The molecule has 0 saturated carbocycles. The van der Waals surface area contributed by atoms with Gasteiger partial charge in [-0.05, 0) is 12.1 Å². The topological polar surface area (TPSA) is 93.4 Å². The van der Waals surface area contributed by atoms with Crippen LogP contribution in [0.2, 0.25) is 0 Å². The van der Waals surface area contributed by atoms with E-state index >= 15 is 0 Å². The van der Waals surface area contributed by atoms with Crippen molar-refractivity contribution in [3.05, 3.63) is 23.9 Å². The van der Waals surface area contributed by atoms with Gasteiger partial charge in [-0.15, -0.1) is 0 Å². The summed E-state index contributed by atoms with van der Waals surface area (Å²) in [5, 5.41) is -0.779. The molecule has 1 amide bonds. The first-order valence-electron chi connectivity index (χ1n) is 6.28. The number of nitrogens with zero attached hydrogens (tertiary/aromatic N) is 2. The fourth-order valence-corrected chi connectivity index (χ4v) is 5.02. The summed E-state index contributed by atoms with van der Waals surface area (Å²) in [6, 6.07) is 3.19. The van der Waals surface area contributed by atoms with Crippen LogP contribution >= 0.6 is 11.8 Å². The van der Waals surface area contributed by atoms with Gasteiger partial charge in [-0.1, -0.05) is 6.92 Å². The highest BCUT2D eigenvalue weighted by molar-refractivity contribution is 8.01. The zero-order valence-corrected chi connectivity index (χ0v) is 12.8. The molecule has 1 saturated heterocycles. The predicted octanol–water partition coefficient (Wildman–Crippen LogP) is 0.614. The lowest BCUT2D eigenvalue weighted by molar-refractivity contribution is 0.0750. The van der Waals surface area contributed by atoms with E-state index in [0.29, 0.717) is 12.3 Å². The summed E-state index contributed by atoms with van der Waals surface area (Å²) < 4.78 is 24.3. The van der Waals surface area contributed by atoms with Gasteiger partial charge in [-0.2, -0.15) is 11.8 Å². The molecule has 1 aromatic heterocycles. The molecule has 0 radical (unpaired) electrons. The lowest BCUT2D eigenvalue weighted by atomic mass is 10.2. The number of amides is 1. The second-order valence-corrected chi connectivity index (χ2v) is 8.01. The van der Waals surface area contributed by atoms with Gasteiger partial charge in [-0.3, -0.25) is 4.79 Å². The molecular weight excluding hydrogens is 298 g/mol. The molecule has 0 bridgehead atoms. The van der Waals surface area contributed by atoms with Gasteiger partial charge < -0.3 is 10.6 Å². The number of aromatic nitrogens is 1. The third-order valence-corrected chi connectivity index (χ3v) is 6.52. The summed E-state index contributed by atoms with van der Waals surface area (Å²) in [5.74, 6) is 0.912. The van der Waals surface area contributed by atoms with Crippen molar-refractivity contribution in [1.29, 1.82) is 0 Å². The largest absolute Gasteiger partial charge is 0.383 e. The Morgan fingerprint density at radius 1 is 1.60 bits per heavy atom. The predicted molar refractivity (Wildman–Crippen MR) is 80.3 cm³/mol. The van der Waals surface area contributed by atoms with Crippen molar-refractivity contribution in [3.8, 4) is 0 Å². The zero-order valence-electron chi connectivity index (χ0n) is 11.2. The highest BCUT2D eigenvalue weighted by Crippen LogP contribution is 2.24. The molecule has 110 valence electrons. The number of carbonyl (C=O) groups excluding carboxylic acids is 1. The molecule has 1 aromatic rings. The van der Waals surface area contributed by atoms with Crippen molar-refractivity contribution in [1.82, 2.24) is 9.88 Å². The molecule has 0 aromatic carbocycles. The molecule has 1 fully saturated rings. The summed E-state index contributed by atoms with van der Waals surface area (Å²) in [6.45, 7) is 2.00. The van der Waals surface area contributed by atoms with Gasteiger partial charge in [0.05, 0.1) is 5.56 Å². The Morgan fingerprint density at radius 2 is 2.35 bits per heavy atom. The van der Waals surface area contributed by atoms with Gasteiger partial charge in [-0.25, -0.2) is 13.4 Å². The molecular formula is C12H17N3O3S2. The van der Waals surface area contributed by atoms with E-state index in [1.165, 1.54) is 11.1 Å². The van der Waals surface area contributed by atoms with Crippen LogP contribution in [0.4, 0.5) is 5.82 Å². The highest BCUT2D eigenvalue weighted by Gasteiger charge is 2.36. The SMILES string of the molecule is CCS(=O)(=O)C1CSCCN1C(=O)c1cccnc1N. The Balaban J connectivity index is 2.34. The van der Waals surface area contributed by atoms with E-state index in [0.717, 1.165) is 5.75 Å². The smallest absolute Gasteiger partial charge is 0.258 e. The van der Waals surface area contributed by atoms with E-state index < -0.39 is 15.2 Å². The van der Waals surface area contributed by atoms with Crippen molar-refractivity contribution in [3.63, 3.8) is 0 Å². The molecule has 1 aliphatic heterocycles. The van der Waals surface area contributed by atoms with Crippen molar-refractivity contribution >= 4 is 33.3 Å². The van der Waals surface area contributed by atoms with Gasteiger partial charge in [0.15, 0.2) is 9.84 Å². The van der Waals surface area contributed by atoms with Crippen LogP contribution in [0.1, 0.15) is 17.3 Å². The van der Waals surface area contributed by atoms with Crippen LogP contribution in [0.25, 0.3) is 0 Å². The quantitative estimate of drug-likeness (QED) is 0.878. The van der Waals surface area contributed by atoms with Crippen LogP contribution in [0.5, 0.6) is 0 Å². The maximum atomic E-state index is 12.5. The minimum absolute atomic E-state index is 0.0184. The first-order valence-corrected chi connectivity index (χ1v) is 9.15. The van der Waals surface area contributed by atoms with E-state index in [1.807, 2.05) is 0 Å². The monoisotopic (exact) mass is 315 g/mol. The molecule has 2 heterocycles. The van der Waals surface area contributed by atoms with Crippen molar-refractivity contribution in [2.75, 3.05) is 29.5 Å². The number of carbonyl (C=O) groups is 1. The number of nitrogen functional groups attached to an aromatic ring is 1. The van der Waals surface area contributed by atoms with Crippen molar-refractivity contribution in [2.24, 2.45) is 0 Å². The summed E-state index contributed by atoms with van der Waals surface area (Å²) in [4.78, 5) is 17.8. The van der Waals surface area contributed by atoms with E-state index in [1.54, 1.807) is 30.8 Å². The molecule has 1 aliphatic rings. The summed E-state index contributed by atoms with van der Waals surface area (Å²) in [7, 11) is -3.31. The number of thioether (sulfide) groups is 1. The average molecular weight is 315 g/mol. The number of nitrogens with two attached hydrogens (primary N) is 1. The fraction of sp³-hybridized carbons (Fsp3) is 0.500. The Labute approximate surface area is 122 Å². The molecule has 1 unspecified atom stereocenters. The Morgan fingerprint density at radius 3 is 3.00 bits per heavy atom. The summed E-state index contributed by atoms with van der Waals surface area (Å²) in [6.07, 6.45) is 1.50. The van der Waals surface area contributed by atoms with Crippen LogP contribution in [0, 0.1) is 0 Å². The molecule has 6 nitrogen and oxygen atoms in total. The zero-order chi connectivity index (χ0) is 14.8. The van der Waals surface area contributed by atoms with Gasteiger partial charge in [0.2, 0.25) is 0 Å². The van der Waals surface area contributed by atoms with E-state index in [4.69, 9.17) is 5.73 Å². The molecule has 1 atom stereocenters. The molecule has 0 aliphatic carbocycles. The minimum atomic E-state index is -3.31. The maximum absolute atomic E-state index is 12.5. The first kappa shape index (κ1) is 15.1. The third kappa shape index (κ3) is 2.90. The van der Waals surface area contributed by atoms with Gasteiger partial charge in [0, 0.05) is 30.0 Å². The molecule has 8 heteroatoms. The summed E-state index contributed by atoms with van der Waals surface area (Å²) in [5.41, 5.74) is 5.96. The van der Waals surface area contributed by atoms with E-state index in [-0.39, 0.29) is 23.0 Å². The Kier molecular flexibility index (Phi) is 4.54. The minimum Gasteiger partial charge on any atom is -0.383 e. The number of rotatable bonds is 3. The van der Waals surface area contributed by atoms with Gasteiger partial charge in [0.25, 0.3) is 5.91 Å². The standard InChI is InChI=1S/C12H17N3O3S2/c1-2-20(17,18)10-8-19-7-6-15(10)12(16)9-4-3-5-14-11(9)13/h3-5,10H,2,6-8H2,1H3,(H2,13,14). The van der Waals surface area contributed by atoms with Gasteiger partial charge >= 0.3 is 0 Å². The van der Waals surface area contributed by atoms with Crippen LogP contribution in [-0.2, 0) is 9.84 Å². The van der Waals surface area contributed by atoms with E-state index in [9.17, 15) is 13.2 Å². The molecule has 2 rings (SSSR count). The number of sulfone groups is 1. The number of hydrogen-bond acceptors (Lipinski definition) is 6. The third-order valence-electron chi connectivity index (χ3n) is 3.23. The van der Waals surface area contributed by atoms with Crippen molar-refractivity contribution < 1.29 is 13.2 Å². The number of anilines is 1. The molecule has 0 spiro atoms. The van der Waals surface area contributed by atoms with Crippen LogP contribution < -0.4 is 5.73 Å². The molecule has 2 N–H and O–H groups in total. The van der Waals surface area contributed by atoms with E-state index in [2.05, 4.69) is 4.98 Å². The number of pyridine rings is 1. The lowest BCUT2D eigenvalue weighted by Gasteiger charge is -2.34. The second-order valence-electron chi connectivity index (χ2n) is 4.42. The van der Waals surface area contributed by atoms with Crippen LogP contribution in [0.3, 0.4) is 0 Å². The van der Waals surface area contributed by atoms with Gasteiger partial charge in [0.1, 0.15) is 11.2 Å². The van der Waals surface area contributed by atoms with Crippen LogP contribution in [-0.4, -0.2) is 53.4 Å². The first-order chi connectivity index (χ1) is 9.47. The Bertz CT molecular complexity index is 604. The Hall–Kier alpha value is -1.28. The normalized spacial score (nSPS) is 19.9. The lowest BCUT2D eigenvalue weighted by Crippen LogP contribution is -2.50.